The Kier molecular flexibility index (Phi) is 4.39. The highest BCUT2D eigenvalue weighted by molar-refractivity contribution is 5.83. The Morgan fingerprint density at radius 3 is 2.57 bits per heavy atom. The summed E-state index contributed by atoms with van der Waals surface area (Å²) < 4.78 is 11.0. The van der Waals surface area contributed by atoms with E-state index in [1.54, 1.807) is 20.8 Å². The normalized spacial score (nSPS) is 20.0. The van der Waals surface area contributed by atoms with Crippen LogP contribution in [0.3, 0.4) is 0 Å². The molecule has 2 atom stereocenters. The van der Waals surface area contributed by atoms with Crippen LogP contribution in [0.25, 0.3) is 0 Å². The average molecular weight is 322 g/mol. The highest BCUT2D eigenvalue weighted by Gasteiger charge is 2.45. The number of rotatable bonds is 3. The standard InChI is InChI=1S/C17H22O6/c1-16(2,3)23-15(20)17(4,21)14-8-5-10-11(9-18)12(19)6-7-13(10)22-14/h6-7,9,14,19,21H,5,8H2,1-4H3/t14-,17+/m1/s1. The number of benzene rings is 1. The summed E-state index contributed by atoms with van der Waals surface area (Å²) in [5.74, 6) is -0.488. The molecule has 0 saturated carbocycles. The zero-order valence-corrected chi connectivity index (χ0v) is 13.8. The van der Waals surface area contributed by atoms with Crippen molar-refractivity contribution in [3.63, 3.8) is 0 Å². The molecule has 0 amide bonds. The number of ether oxygens (including phenoxy) is 2. The summed E-state index contributed by atoms with van der Waals surface area (Å²) in [5, 5.41) is 20.3. The minimum Gasteiger partial charge on any atom is -0.507 e. The van der Waals surface area contributed by atoms with Gasteiger partial charge in [-0.25, -0.2) is 4.79 Å². The molecule has 0 unspecified atom stereocenters. The van der Waals surface area contributed by atoms with Crippen LogP contribution in [0, 0.1) is 0 Å². The van der Waals surface area contributed by atoms with Crippen LogP contribution in [0.1, 0.15) is 50.0 Å². The first-order valence-electron chi connectivity index (χ1n) is 7.48. The van der Waals surface area contributed by atoms with Gasteiger partial charge in [-0.1, -0.05) is 0 Å². The molecule has 6 heteroatoms. The summed E-state index contributed by atoms with van der Waals surface area (Å²) in [6, 6.07) is 2.88. The molecule has 1 aromatic rings. The summed E-state index contributed by atoms with van der Waals surface area (Å²) in [5.41, 5.74) is -1.77. The quantitative estimate of drug-likeness (QED) is 0.653. The maximum Gasteiger partial charge on any atom is 0.342 e. The smallest absolute Gasteiger partial charge is 0.342 e. The number of carbonyl (C=O) groups excluding carboxylic acids is 2. The van der Waals surface area contributed by atoms with Crippen molar-refractivity contribution in [1.82, 2.24) is 0 Å². The molecule has 0 radical (unpaired) electrons. The SMILES string of the molecule is CC(C)(C)OC(=O)[C@@](C)(O)[C@H]1CCc2c(ccc(O)c2C=O)O1. The molecular weight excluding hydrogens is 300 g/mol. The number of carbonyl (C=O) groups is 2. The zero-order chi connectivity index (χ0) is 17.4. The van der Waals surface area contributed by atoms with E-state index in [0.717, 1.165) is 0 Å². The zero-order valence-electron chi connectivity index (χ0n) is 13.8. The van der Waals surface area contributed by atoms with E-state index >= 15 is 0 Å². The highest BCUT2D eigenvalue weighted by Crippen LogP contribution is 2.37. The number of hydrogen-bond donors (Lipinski definition) is 2. The Labute approximate surface area is 135 Å². The van der Waals surface area contributed by atoms with Crippen molar-refractivity contribution in [2.75, 3.05) is 0 Å². The summed E-state index contributed by atoms with van der Waals surface area (Å²) >= 11 is 0. The average Bonchev–Trinajstić information content (AvgIpc) is 2.44. The molecule has 2 N–H and O–H groups in total. The van der Waals surface area contributed by atoms with Crippen LogP contribution in [-0.4, -0.2) is 39.8 Å². The third kappa shape index (κ3) is 3.47. The molecule has 1 aliphatic rings. The number of aldehydes is 1. The summed E-state index contributed by atoms with van der Waals surface area (Å²) in [4.78, 5) is 23.3. The molecule has 1 aromatic carbocycles. The number of esters is 1. The molecule has 1 heterocycles. The maximum absolute atomic E-state index is 12.2. The summed E-state index contributed by atoms with van der Waals surface area (Å²) in [6.07, 6.45) is 0.503. The molecule has 0 aliphatic carbocycles. The van der Waals surface area contributed by atoms with Gasteiger partial charge in [0.25, 0.3) is 0 Å². The molecular formula is C17H22O6. The molecule has 0 spiro atoms. The lowest BCUT2D eigenvalue weighted by Gasteiger charge is -2.36. The van der Waals surface area contributed by atoms with Crippen LogP contribution < -0.4 is 4.74 Å². The summed E-state index contributed by atoms with van der Waals surface area (Å²) in [6.45, 7) is 6.52. The van der Waals surface area contributed by atoms with Gasteiger partial charge in [0.1, 0.15) is 23.2 Å². The number of phenols is 1. The van der Waals surface area contributed by atoms with Crippen LogP contribution in [-0.2, 0) is 16.0 Å². The molecule has 23 heavy (non-hydrogen) atoms. The van der Waals surface area contributed by atoms with E-state index in [9.17, 15) is 19.8 Å². The van der Waals surface area contributed by atoms with Gasteiger partial charge in [0.15, 0.2) is 11.9 Å². The first kappa shape index (κ1) is 17.3. The Morgan fingerprint density at radius 2 is 2.00 bits per heavy atom. The Balaban J connectivity index is 2.25. The topological polar surface area (TPSA) is 93.1 Å². The number of aromatic hydroxyl groups is 1. The number of hydrogen-bond acceptors (Lipinski definition) is 6. The lowest BCUT2D eigenvalue weighted by atomic mass is 9.89. The van der Waals surface area contributed by atoms with E-state index in [1.807, 2.05) is 0 Å². The largest absolute Gasteiger partial charge is 0.507 e. The highest BCUT2D eigenvalue weighted by atomic mass is 16.6. The van der Waals surface area contributed by atoms with Gasteiger partial charge < -0.3 is 19.7 Å². The Hall–Kier alpha value is -2.08. The van der Waals surface area contributed by atoms with E-state index in [1.165, 1.54) is 19.1 Å². The molecule has 2 rings (SSSR count). The fraction of sp³-hybridized carbons (Fsp3) is 0.529. The van der Waals surface area contributed by atoms with E-state index in [4.69, 9.17) is 9.47 Å². The van der Waals surface area contributed by atoms with Gasteiger partial charge in [-0.3, -0.25) is 4.79 Å². The van der Waals surface area contributed by atoms with E-state index < -0.39 is 23.3 Å². The van der Waals surface area contributed by atoms with Crippen molar-refractivity contribution < 1.29 is 29.3 Å². The molecule has 1 aliphatic heterocycles. The van der Waals surface area contributed by atoms with Gasteiger partial charge in [-0.05, 0) is 52.7 Å². The lowest BCUT2D eigenvalue weighted by molar-refractivity contribution is -0.185. The van der Waals surface area contributed by atoms with E-state index in [0.29, 0.717) is 30.4 Å². The Bertz CT molecular complexity index is 627. The van der Waals surface area contributed by atoms with Gasteiger partial charge in [0.2, 0.25) is 0 Å². The number of phenolic OH excluding ortho intramolecular Hbond substituents is 1. The fourth-order valence-electron chi connectivity index (χ4n) is 2.53. The predicted octanol–water partition coefficient (Wildman–Crippen LogP) is 1.99. The van der Waals surface area contributed by atoms with Gasteiger partial charge in [-0.15, -0.1) is 0 Å². The molecule has 0 saturated heterocycles. The predicted molar refractivity (Wildman–Crippen MR) is 82.7 cm³/mol. The van der Waals surface area contributed by atoms with Gasteiger partial charge >= 0.3 is 5.97 Å². The van der Waals surface area contributed by atoms with Crippen molar-refractivity contribution >= 4 is 12.3 Å². The fourth-order valence-corrected chi connectivity index (χ4v) is 2.53. The Morgan fingerprint density at radius 1 is 1.35 bits per heavy atom. The van der Waals surface area contributed by atoms with E-state index in [2.05, 4.69) is 0 Å². The third-order valence-electron chi connectivity index (χ3n) is 3.77. The van der Waals surface area contributed by atoms with Crippen LogP contribution in [0.2, 0.25) is 0 Å². The van der Waals surface area contributed by atoms with Crippen LogP contribution in [0.4, 0.5) is 0 Å². The molecule has 0 aromatic heterocycles. The lowest BCUT2D eigenvalue weighted by Crippen LogP contribution is -2.53. The minimum atomic E-state index is -1.82. The second-order valence-corrected chi connectivity index (χ2v) is 6.89. The first-order valence-corrected chi connectivity index (χ1v) is 7.48. The second-order valence-electron chi connectivity index (χ2n) is 6.89. The molecule has 0 bridgehead atoms. The maximum atomic E-state index is 12.2. The minimum absolute atomic E-state index is 0.111. The molecule has 0 fully saturated rings. The van der Waals surface area contributed by atoms with Crippen molar-refractivity contribution in [2.45, 2.75) is 57.8 Å². The van der Waals surface area contributed by atoms with Crippen molar-refractivity contribution in [3.8, 4) is 11.5 Å². The number of fused-ring (bicyclic) bond motifs is 1. The first-order chi connectivity index (χ1) is 10.6. The van der Waals surface area contributed by atoms with Crippen LogP contribution >= 0.6 is 0 Å². The molecule has 6 nitrogen and oxygen atoms in total. The van der Waals surface area contributed by atoms with Crippen molar-refractivity contribution in [1.29, 1.82) is 0 Å². The van der Waals surface area contributed by atoms with Crippen molar-refractivity contribution in [2.24, 2.45) is 0 Å². The monoisotopic (exact) mass is 322 g/mol. The van der Waals surface area contributed by atoms with Gasteiger partial charge in [0, 0.05) is 5.56 Å². The van der Waals surface area contributed by atoms with Crippen LogP contribution in [0.5, 0.6) is 11.5 Å². The summed E-state index contributed by atoms with van der Waals surface area (Å²) in [7, 11) is 0. The second kappa shape index (κ2) is 5.85. The van der Waals surface area contributed by atoms with Gasteiger partial charge in [0.05, 0.1) is 5.56 Å². The number of aliphatic hydroxyl groups is 1. The van der Waals surface area contributed by atoms with Crippen LogP contribution in [0.15, 0.2) is 12.1 Å². The van der Waals surface area contributed by atoms with Crippen molar-refractivity contribution in [3.05, 3.63) is 23.3 Å². The van der Waals surface area contributed by atoms with E-state index in [-0.39, 0.29) is 11.3 Å². The third-order valence-corrected chi connectivity index (χ3v) is 3.77. The van der Waals surface area contributed by atoms with Gasteiger partial charge in [-0.2, -0.15) is 0 Å². The molecule has 126 valence electrons.